The summed E-state index contributed by atoms with van der Waals surface area (Å²) in [5.41, 5.74) is 4.22. The summed E-state index contributed by atoms with van der Waals surface area (Å²) in [6, 6.07) is 16.1. The molecule has 0 spiro atoms. The number of aromatic nitrogens is 2. The van der Waals surface area contributed by atoms with Crippen LogP contribution in [0.5, 0.6) is 0 Å². The first-order valence-corrected chi connectivity index (χ1v) is 8.43. The summed E-state index contributed by atoms with van der Waals surface area (Å²) in [5.74, 6) is 0.187. The van der Waals surface area contributed by atoms with Crippen LogP contribution in [0.25, 0.3) is 5.65 Å². The largest absolute Gasteiger partial charge is 0.339 e. The molecule has 3 aromatic rings. The first kappa shape index (κ1) is 16.2. The molecule has 0 saturated heterocycles. The van der Waals surface area contributed by atoms with Gasteiger partial charge >= 0.3 is 0 Å². The van der Waals surface area contributed by atoms with Gasteiger partial charge in [0.15, 0.2) is 0 Å². The van der Waals surface area contributed by atoms with E-state index in [2.05, 4.69) is 21.5 Å². The van der Waals surface area contributed by atoms with Gasteiger partial charge in [0.05, 0.1) is 5.69 Å². The average molecular weight is 321 g/mol. The van der Waals surface area contributed by atoms with Gasteiger partial charge in [0.1, 0.15) is 5.65 Å². The van der Waals surface area contributed by atoms with Gasteiger partial charge in [0.2, 0.25) is 5.91 Å². The van der Waals surface area contributed by atoms with Crippen molar-refractivity contribution in [2.45, 2.75) is 33.2 Å². The molecule has 1 amide bonds. The van der Waals surface area contributed by atoms with Crippen molar-refractivity contribution < 1.29 is 4.79 Å². The first-order valence-electron chi connectivity index (χ1n) is 8.43. The lowest BCUT2D eigenvalue weighted by atomic mass is 10.1. The predicted molar refractivity (Wildman–Crippen MR) is 95.8 cm³/mol. The van der Waals surface area contributed by atoms with Crippen LogP contribution in [-0.4, -0.2) is 26.7 Å². The minimum Gasteiger partial charge on any atom is -0.339 e. The summed E-state index contributed by atoms with van der Waals surface area (Å²) >= 11 is 0. The van der Waals surface area contributed by atoms with Gasteiger partial charge in [0, 0.05) is 31.4 Å². The Labute approximate surface area is 142 Å². The minimum absolute atomic E-state index is 0.187. The van der Waals surface area contributed by atoms with Gasteiger partial charge in [0.25, 0.3) is 0 Å². The third-order valence-corrected chi connectivity index (χ3v) is 4.36. The van der Waals surface area contributed by atoms with Crippen LogP contribution in [0, 0.1) is 6.92 Å². The molecule has 0 aliphatic carbocycles. The number of rotatable bonds is 6. The maximum Gasteiger partial charge on any atom is 0.223 e. The zero-order chi connectivity index (χ0) is 16.9. The third kappa shape index (κ3) is 3.48. The monoisotopic (exact) mass is 321 g/mol. The van der Waals surface area contributed by atoms with Crippen molar-refractivity contribution in [3.8, 4) is 0 Å². The normalized spacial score (nSPS) is 10.9. The summed E-state index contributed by atoms with van der Waals surface area (Å²) < 4.78 is 2.08. The van der Waals surface area contributed by atoms with Crippen LogP contribution in [0.15, 0.2) is 54.7 Å². The van der Waals surface area contributed by atoms with E-state index in [1.165, 1.54) is 5.56 Å². The molecule has 0 bridgehead atoms. The summed E-state index contributed by atoms with van der Waals surface area (Å²) in [6.45, 7) is 5.43. The van der Waals surface area contributed by atoms with Gasteiger partial charge in [-0.05, 0) is 38.0 Å². The number of hydrogen-bond donors (Lipinski definition) is 0. The number of fused-ring (bicyclic) bond motifs is 1. The Kier molecular flexibility index (Phi) is 4.94. The number of amides is 1. The number of nitrogens with zero attached hydrogens (tertiary/aromatic N) is 3. The van der Waals surface area contributed by atoms with Crippen LogP contribution < -0.4 is 0 Å². The lowest BCUT2D eigenvalue weighted by molar-refractivity contribution is -0.131. The van der Waals surface area contributed by atoms with Crippen molar-refractivity contribution in [2.24, 2.45) is 0 Å². The van der Waals surface area contributed by atoms with Gasteiger partial charge in [-0.1, -0.05) is 36.4 Å². The highest BCUT2D eigenvalue weighted by Crippen LogP contribution is 2.15. The highest BCUT2D eigenvalue weighted by Gasteiger charge is 2.15. The molecule has 2 aromatic heterocycles. The van der Waals surface area contributed by atoms with E-state index in [1.807, 2.05) is 61.3 Å². The number of carbonyl (C=O) groups excluding carboxylic acids is 1. The molecule has 3 rings (SSSR count). The van der Waals surface area contributed by atoms with Crippen molar-refractivity contribution in [3.63, 3.8) is 0 Å². The molecule has 1 aromatic carbocycles. The van der Waals surface area contributed by atoms with Gasteiger partial charge in [-0.3, -0.25) is 4.79 Å². The van der Waals surface area contributed by atoms with E-state index >= 15 is 0 Å². The highest BCUT2D eigenvalue weighted by molar-refractivity contribution is 5.76. The molecule has 0 fully saturated rings. The zero-order valence-corrected chi connectivity index (χ0v) is 14.3. The van der Waals surface area contributed by atoms with Gasteiger partial charge in [-0.25, -0.2) is 4.98 Å². The molecule has 4 heteroatoms. The van der Waals surface area contributed by atoms with Crippen LogP contribution in [0.1, 0.15) is 30.3 Å². The standard InChI is InChI=1S/C20H23N3O/c1-3-22(15-17-9-5-4-6-10-17)20(24)13-12-18-16(2)21-19-11-7-8-14-23(18)19/h4-11,14H,3,12-13,15H2,1-2H3. The number of benzene rings is 1. The molecule has 2 heterocycles. The summed E-state index contributed by atoms with van der Waals surface area (Å²) in [7, 11) is 0. The number of pyridine rings is 1. The van der Waals surface area contributed by atoms with Crippen LogP contribution in [0.3, 0.4) is 0 Å². The van der Waals surface area contributed by atoms with E-state index in [1.54, 1.807) is 0 Å². The second-order valence-corrected chi connectivity index (χ2v) is 5.97. The van der Waals surface area contributed by atoms with E-state index in [0.717, 1.165) is 23.6 Å². The fourth-order valence-electron chi connectivity index (χ4n) is 3.03. The maximum absolute atomic E-state index is 12.6. The molecular weight excluding hydrogens is 298 g/mol. The molecule has 0 aliphatic rings. The first-order chi connectivity index (χ1) is 11.7. The smallest absolute Gasteiger partial charge is 0.223 e. The molecule has 0 aliphatic heterocycles. The second-order valence-electron chi connectivity index (χ2n) is 5.97. The SMILES string of the molecule is CCN(Cc1ccccc1)C(=O)CCc1c(C)nc2ccccn12. The molecule has 0 N–H and O–H groups in total. The Morgan fingerprint density at radius 3 is 2.62 bits per heavy atom. The Morgan fingerprint density at radius 2 is 1.88 bits per heavy atom. The van der Waals surface area contributed by atoms with Crippen LogP contribution >= 0.6 is 0 Å². The maximum atomic E-state index is 12.6. The number of imidazole rings is 1. The average Bonchev–Trinajstić information content (AvgIpc) is 2.93. The van der Waals surface area contributed by atoms with Crippen molar-refractivity contribution in [2.75, 3.05) is 6.54 Å². The highest BCUT2D eigenvalue weighted by atomic mass is 16.2. The van der Waals surface area contributed by atoms with Crippen LogP contribution in [0.2, 0.25) is 0 Å². The molecule has 124 valence electrons. The van der Waals surface area contributed by atoms with E-state index in [-0.39, 0.29) is 5.91 Å². The Balaban J connectivity index is 1.68. The second kappa shape index (κ2) is 7.30. The fourth-order valence-corrected chi connectivity index (χ4v) is 3.03. The Hall–Kier alpha value is -2.62. The minimum atomic E-state index is 0.187. The molecule has 0 atom stereocenters. The summed E-state index contributed by atoms with van der Waals surface area (Å²) in [5, 5.41) is 0. The Morgan fingerprint density at radius 1 is 1.12 bits per heavy atom. The number of hydrogen-bond acceptors (Lipinski definition) is 2. The van der Waals surface area contributed by atoms with Crippen molar-refractivity contribution in [1.29, 1.82) is 0 Å². The molecule has 24 heavy (non-hydrogen) atoms. The lowest BCUT2D eigenvalue weighted by Crippen LogP contribution is -2.30. The summed E-state index contributed by atoms with van der Waals surface area (Å²) in [6.07, 6.45) is 3.22. The fraction of sp³-hybridized carbons (Fsp3) is 0.300. The van der Waals surface area contributed by atoms with E-state index in [0.29, 0.717) is 19.4 Å². The molecule has 0 radical (unpaired) electrons. The van der Waals surface area contributed by atoms with Crippen molar-refractivity contribution in [3.05, 3.63) is 71.7 Å². The third-order valence-electron chi connectivity index (χ3n) is 4.36. The Bertz CT molecular complexity index is 823. The van der Waals surface area contributed by atoms with Gasteiger partial charge < -0.3 is 9.30 Å². The van der Waals surface area contributed by atoms with Crippen LogP contribution in [0.4, 0.5) is 0 Å². The summed E-state index contributed by atoms with van der Waals surface area (Å²) in [4.78, 5) is 19.1. The topological polar surface area (TPSA) is 37.6 Å². The predicted octanol–water partition coefficient (Wildman–Crippen LogP) is 3.62. The van der Waals surface area contributed by atoms with Gasteiger partial charge in [-0.15, -0.1) is 0 Å². The number of carbonyl (C=O) groups is 1. The lowest BCUT2D eigenvalue weighted by Gasteiger charge is -2.21. The molecule has 0 unspecified atom stereocenters. The molecule has 0 saturated carbocycles. The van der Waals surface area contributed by atoms with E-state index < -0.39 is 0 Å². The van der Waals surface area contributed by atoms with Crippen LogP contribution in [-0.2, 0) is 17.8 Å². The van der Waals surface area contributed by atoms with Gasteiger partial charge in [-0.2, -0.15) is 0 Å². The van der Waals surface area contributed by atoms with Crippen molar-refractivity contribution in [1.82, 2.24) is 14.3 Å². The molecule has 4 nitrogen and oxygen atoms in total. The van der Waals surface area contributed by atoms with E-state index in [9.17, 15) is 4.79 Å². The zero-order valence-electron chi connectivity index (χ0n) is 14.3. The number of aryl methyl sites for hydroxylation is 2. The quantitative estimate of drug-likeness (QED) is 0.695. The van der Waals surface area contributed by atoms with E-state index in [4.69, 9.17) is 0 Å². The molecular formula is C20H23N3O. The van der Waals surface area contributed by atoms with Crippen molar-refractivity contribution >= 4 is 11.6 Å².